The van der Waals surface area contributed by atoms with E-state index < -0.39 is 0 Å². The highest BCUT2D eigenvalue weighted by Gasteiger charge is 2.04. The van der Waals surface area contributed by atoms with Crippen molar-refractivity contribution in [3.05, 3.63) is 12.2 Å². The number of methoxy groups -OCH3 is 1. The van der Waals surface area contributed by atoms with Crippen LogP contribution >= 0.6 is 0 Å². The maximum absolute atomic E-state index is 11.3. The molecule has 0 aliphatic rings. The van der Waals surface area contributed by atoms with Crippen LogP contribution in [0.2, 0.25) is 0 Å². The molecule has 0 heterocycles. The van der Waals surface area contributed by atoms with Crippen LogP contribution in [0.3, 0.4) is 0 Å². The highest BCUT2D eigenvalue weighted by molar-refractivity contribution is 5.99. The molecule has 8 heteroatoms. The van der Waals surface area contributed by atoms with Gasteiger partial charge >= 0.3 is 0 Å². The van der Waals surface area contributed by atoms with Crippen LogP contribution in [-0.4, -0.2) is 88.6 Å². The molecule has 0 aromatic rings. The minimum atomic E-state index is -0.178. The van der Waals surface area contributed by atoms with Gasteiger partial charge in [0.15, 0.2) is 0 Å². The average Bonchev–Trinajstić information content (AvgIpc) is 2.57. The molecule has 0 rings (SSSR count). The first-order valence-corrected chi connectivity index (χ1v) is 7.99. The molecule has 2 N–H and O–H groups in total. The molecule has 0 saturated heterocycles. The summed E-state index contributed by atoms with van der Waals surface area (Å²) in [5.74, 6) is 0.585. The number of hydrogen-bond donors (Lipinski definition) is 2. The average molecular weight is 341 g/mol. The van der Waals surface area contributed by atoms with Gasteiger partial charge in [-0.1, -0.05) is 0 Å². The highest BCUT2D eigenvalue weighted by atomic mass is 16.5. The lowest BCUT2D eigenvalue weighted by atomic mass is 10.4. The van der Waals surface area contributed by atoms with Gasteiger partial charge in [-0.2, -0.15) is 0 Å². The number of aliphatic imine (C=N–C) groups is 1. The van der Waals surface area contributed by atoms with E-state index in [2.05, 4.69) is 15.6 Å². The fourth-order valence-corrected chi connectivity index (χ4v) is 1.69. The van der Waals surface area contributed by atoms with E-state index in [1.165, 1.54) is 6.08 Å². The fraction of sp³-hybridized carbons (Fsp3) is 0.688. The third kappa shape index (κ3) is 10.7. The van der Waals surface area contributed by atoms with Gasteiger partial charge in [-0.25, -0.2) is 0 Å². The Morgan fingerprint density at radius 2 is 1.88 bits per heavy atom. The summed E-state index contributed by atoms with van der Waals surface area (Å²) in [6.45, 7) is 4.72. The smallest absolute Gasteiger partial charge is 0.243 e. The molecule has 0 spiro atoms. The van der Waals surface area contributed by atoms with Crippen LogP contribution in [-0.2, 0) is 14.3 Å². The molecule has 138 valence electrons. The quantitative estimate of drug-likeness (QED) is 0.233. The van der Waals surface area contributed by atoms with Crippen molar-refractivity contribution in [1.82, 2.24) is 20.4 Å². The molecule has 0 aliphatic carbocycles. The van der Waals surface area contributed by atoms with E-state index in [4.69, 9.17) is 4.74 Å². The standard InChI is InChI=1S/C16H31N5O3/c1-14(22)20(3)10-6-9-18-13-19-15(7-8-16(23)17-2)21(4)11-12-24-5/h7-8,18H,6,9-13H2,1-5H3,(H,17,23)/b8-7+,19-15+. The lowest BCUT2D eigenvalue weighted by molar-refractivity contribution is -0.127. The fourth-order valence-electron chi connectivity index (χ4n) is 1.69. The predicted octanol–water partition coefficient (Wildman–Crippen LogP) is -0.319. The molecule has 0 unspecified atom stereocenters. The molecule has 0 aliphatic heterocycles. The summed E-state index contributed by atoms with van der Waals surface area (Å²) in [7, 11) is 6.91. The number of amides is 2. The number of hydrogen-bond acceptors (Lipinski definition) is 5. The molecule has 0 atom stereocenters. The van der Waals surface area contributed by atoms with E-state index in [-0.39, 0.29) is 11.8 Å². The van der Waals surface area contributed by atoms with E-state index in [1.807, 2.05) is 11.9 Å². The van der Waals surface area contributed by atoms with Gasteiger partial charge in [0.05, 0.1) is 13.3 Å². The van der Waals surface area contributed by atoms with Crippen LogP contribution in [0.25, 0.3) is 0 Å². The second-order valence-electron chi connectivity index (χ2n) is 5.33. The maximum atomic E-state index is 11.3. The summed E-state index contributed by atoms with van der Waals surface area (Å²) in [4.78, 5) is 30.5. The Kier molecular flexibility index (Phi) is 12.4. The molecule has 0 fully saturated rings. The zero-order valence-electron chi connectivity index (χ0n) is 15.5. The number of carbonyl (C=O) groups is 2. The van der Waals surface area contributed by atoms with Gasteiger partial charge in [0, 0.05) is 54.3 Å². The highest BCUT2D eigenvalue weighted by Crippen LogP contribution is 1.93. The number of carbonyl (C=O) groups excluding carboxylic acids is 2. The van der Waals surface area contributed by atoms with Gasteiger partial charge < -0.3 is 19.9 Å². The van der Waals surface area contributed by atoms with Crippen molar-refractivity contribution in [2.75, 3.05) is 61.2 Å². The molecular formula is C16H31N5O3. The lowest BCUT2D eigenvalue weighted by Gasteiger charge is -2.19. The summed E-state index contributed by atoms with van der Waals surface area (Å²) in [6.07, 6.45) is 3.98. The molecule has 0 aromatic heterocycles. The van der Waals surface area contributed by atoms with Gasteiger partial charge in [0.2, 0.25) is 11.8 Å². The van der Waals surface area contributed by atoms with Crippen molar-refractivity contribution in [1.29, 1.82) is 0 Å². The predicted molar refractivity (Wildman–Crippen MR) is 95.9 cm³/mol. The minimum absolute atomic E-state index is 0.0643. The SMILES string of the molecule is CNC(=O)/C=C/C(=N\CNCCCN(C)C(C)=O)N(C)CCOC. The first-order valence-electron chi connectivity index (χ1n) is 7.99. The van der Waals surface area contributed by atoms with Gasteiger partial charge in [-0.3, -0.25) is 19.9 Å². The van der Waals surface area contributed by atoms with E-state index in [0.29, 0.717) is 32.2 Å². The number of amidine groups is 1. The molecule has 2 amide bonds. The maximum Gasteiger partial charge on any atom is 0.243 e. The van der Waals surface area contributed by atoms with Crippen molar-refractivity contribution >= 4 is 17.6 Å². The number of likely N-dealkylation sites (N-methyl/N-ethyl adjacent to an activating group) is 2. The lowest BCUT2D eigenvalue weighted by Crippen LogP contribution is -2.31. The number of nitrogens with zero attached hydrogens (tertiary/aromatic N) is 3. The normalized spacial score (nSPS) is 11.6. The molecule has 0 aromatic carbocycles. The first kappa shape index (κ1) is 22.1. The summed E-state index contributed by atoms with van der Waals surface area (Å²) in [5.41, 5.74) is 0. The van der Waals surface area contributed by atoms with Gasteiger partial charge in [0.25, 0.3) is 0 Å². The Morgan fingerprint density at radius 3 is 2.46 bits per heavy atom. The van der Waals surface area contributed by atoms with Gasteiger partial charge in [0.1, 0.15) is 5.84 Å². The largest absolute Gasteiger partial charge is 0.383 e. The summed E-state index contributed by atoms with van der Waals surface area (Å²) >= 11 is 0. The van der Waals surface area contributed by atoms with Gasteiger partial charge in [-0.15, -0.1) is 0 Å². The van der Waals surface area contributed by atoms with Crippen LogP contribution in [0.15, 0.2) is 17.1 Å². The number of rotatable bonds is 11. The van der Waals surface area contributed by atoms with Crippen molar-refractivity contribution < 1.29 is 14.3 Å². The van der Waals surface area contributed by atoms with E-state index in [0.717, 1.165) is 13.0 Å². The van der Waals surface area contributed by atoms with E-state index in [1.54, 1.807) is 39.1 Å². The van der Waals surface area contributed by atoms with E-state index >= 15 is 0 Å². The molecule has 8 nitrogen and oxygen atoms in total. The summed E-state index contributed by atoms with van der Waals surface area (Å²) in [5, 5.41) is 5.74. The van der Waals surface area contributed by atoms with Gasteiger partial charge in [-0.05, 0) is 19.0 Å². The zero-order valence-corrected chi connectivity index (χ0v) is 15.5. The molecule has 0 bridgehead atoms. The van der Waals surface area contributed by atoms with Crippen molar-refractivity contribution in [3.8, 4) is 0 Å². The minimum Gasteiger partial charge on any atom is -0.383 e. The summed E-state index contributed by atoms with van der Waals surface area (Å²) in [6, 6.07) is 0. The van der Waals surface area contributed by atoms with Crippen LogP contribution in [0.5, 0.6) is 0 Å². The Labute approximate surface area is 144 Å². The topological polar surface area (TPSA) is 86.3 Å². The van der Waals surface area contributed by atoms with Crippen molar-refractivity contribution in [2.24, 2.45) is 4.99 Å². The number of nitrogens with one attached hydrogen (secondary N) is 2. The van der Waals surface area contributed by atoms with Crippen LogP contribution in [0.1, 0.15) is 13.3 Å². The molecule has 0 saturated carbocycles. The second-order valence-corrected chi connectivity index (χ2v) is 5.33. The Hall–Kier alpha value is -1.93. The zero-order chi connectivity index (χ0) is 18.4. The molecule has 0 radical (unpaired) electrons. The molecular weight excluding hydrogens is 310 g/mol. The van der Waals surface area contributed by atoms with Crippen LogP contribution in [0.4, 0.5) is 0 Å². The third-order valence-electron chi connectivity index (χ3n) is 3.39. The van der Waals surface area contributed by atoms with Crippen LogP contribution < -0.4 is 10.6 Å². The Balaban J connectivity index is 4.39. The Morgan fingerprint density at radius 1 is 1.17 bits per heavy atom. The first-order chi connectivity index (χ1) is 11.4. The van der Waals surface area contributed by atoms with E-state index in [9.17, 15) is 9.59 Å². The monoisotopic (exact) mass is 341 g/mol. The molecule has 24 heavy (non-hydrogen) atoms. The number of ether oxygens (including phenoxy) is 1. The van der Waals surface area contributed by atoms with Crippen molar-refractivity contribution in [3.63, 3.8) is 0 Å². The van der Waals surface area contributed by atoms with Crippen molar-refractivity contribution in [2.45, 2.75) is 13.3 Å². The summed E-state index contributed by atoms with van der Waals surface area (Å²) < 4.78 is 5.06. The Bertz CT molecular complexity index is 437. The third-order valence-corrected chi connectivity index (χ3v) is 3.39. The van der Waals surface area contributed by atoms with Crippen LogP contribution in [0, 0.1) is 0 Å². The second kappa shape index (κ2) is 13.5.